The second kappa shape index (κ2) is 8.63. The van der Waals surface area contributed by atoms with Crippen molar-refractivity contribution in [3.63, 3.8) is 0 Å². The molecule has 0 atom stereocenters. The molecular weight excluding hydrogens is 336 g/mol. The van der Waals surface area contributed by atoms with E-state index >= 15 is 0 Å². The van der Waals surface area contributed by atoms with Crippen molar-refractivity contribution in [3.8, 4) is 0 Å². The van der Waals surface area contributed by atoms with E-state index in [1.807, 2.05) is 61.5 Å². The topological polar surface area (TPSA) is 58.2 Å². The van der Waals surface area contributed by atoms with Crippen LogP contribution in [0.1, 0.15) is 22.8 Å². The van der Waals surface area contributed by atoms with Gasteiger partial charge in [-0.3, -0.25) is 9.59 Å². The second-order valence-electron chi connectivity index (χ2n) is 6.01. The predicted molar refractivity (Wildman–Crippen MR) is 108 cm³/mol. The first-order chi connectivity index (χ1) is 13.1. The van der Waals surface area contributed by atoms with Crippen LogP contribution in [0.3, 0.4) is 0 Å². The predicted octanol–water partition coefficient (Wildman–Crippen LogP) is 4.49. The van der Waals surface area contributed by atoms with E-state index in [2.05, 4.69) is 10.6 Å². The third kappa shape index (κ3) is 4.70. The quantitative estimate of drug-likeness (QED) is 0.662. The summed E-state index contributed by atoms with van der Waals surface area (Å²) in [5.74, 6) is -0.698. The molecule has 134 valence electrons. The third-order valence-electron chi connectivity index (χ3n) is 4.12. The fourth-order valence-corrected chi connectivity index (χ4v) is 2.64. The monoisotopic (exact) mass is 356 g/mol. The molecular formula is C23H20N2O2. The van der Waals surface area contributed by atoms with Gasteiger partial charge >= 0.3 is 0 Å². The number of carbonyl (C=O) groups excluding carboxylic acids is 2. The van der Waals surface area contributed by atoms with E-state index in [1.54, 1.807) is 36.4 Å². The van der Waals surface area contributed by atoms with Crippen LogP contribution in [0.15, 0.2) is 96.7 Å². The van der Waals surface area contributed by atoms with E-state index in [1.165, 1.54) is 0 Å². The van der Waals surface area contributed by atoms with Crippen molar-refractivity contribution >= 4 is 23.1 Å². The van der Waals surface area contributed by atoms with Gasteiger partial charge in [0.1, 0.15) is 5.70 Å². The summed E-state index contributed by atoms with van der Waals surface area (Å²) in [6.45, 7) is 1.82. The number of rotatable bonds is 5. The number of nitrogens with one attached hydrogen (secondary N) is 2. The third-order valence-corrected chi connectivity index (χ3v) is 4.12. The lowest BCUT2D eigenvalue weighted by atomic mass is 10.0. The number of benzene rings is 3. The summed E-state index contributed by atoms with van der Waals surface area (Å²) >= 11 is 0. The maximum Gasteiger partial charge on any atom is 0.272 e. The van der Waals surface area contributed by atoms with Crippen LogP contribution in [-0.2, 0) is 4.79 Å². The van der Waals surface area contributed by atoms with Gasteiger partial charge in [-0.05, 0) is 42.3 Å². The second-order valence-corrected chi connectivity index (χ2v) is 6.01. The first-order valence-corrected chi connectivity index (χ1v) is 8.64. The van der Waals surface area contributed by atoms with Crippen LogP contribution in [0, 0.1) is 0 Å². The average Bonchev–Trinajstić information content (AvgIpc) is 2.73. The van der Waals surface area contributed by atoms with E-state index in [9.17, 15) is 9.59 Å². The van der Waals surface area contributed by atoms with E-state index in [4.69, 9.17) is 0 Å². The van der Waals surface area contributed by atoms with Crippen LogP contribution in [0.2, 0.25) is 0 Å². The van der Waals surface area contributed by atoms with Crippen molar-refractivity contribution in [1.82, 2.24) is 5.32 Å². The van der Waals surface area contributed by atoms with Gasteiger partial charge in [0.2, 0.25) is 0 Å². The normalized spacial score (nSPS) is 11.3. The molecule has 4 nitrogen and oxygen atoms in total. The summed E-state index contributed by atoms with van der Waals surface area (Å²) in [4.78, 5) is 25.5. The molecule has 27 heavy (non-hydrogen) atoms. The van der Waals surface area contributed by atoms with Crippen LogP contribution in [-0.4, -0.2) is 11.8 Å². The van der Waals surface area contributed by atoms with Crippen LogP contribution in [0.25, 0.3) is 5.57 Å². The average molecular weight is 356 g/mol. The molecule has 0 saturated heterocycles. The van der Waals surface area contributed by atoms with E-state index in [0.29, 0.717) is 16.8 Å². The summed E-state index contributed by atoms with van der Waals surface area (Å²) in [5, 5.41) is 5.62. The zero-order valence-electron chi connectivity index (χ0n) is 15.0. The molecule has 0 spiro atoms. The van der Waals surface area contributed by atoms with Gasteiger partial charge in [0, 0.05) is 11.3 Å². The van der Waals surface area contributed by atoms with Gasteiger partial charge < -0.3 is 10.6 Å². The van der Waals surface area contributed by atoms with E-state index in [0.717, 1.165) is 5.56 Å². The molecule has 0 unspecified atom stereocenters. The van der Waals surface area contributed by atoms with Crippen molar-refractivity contribution in [2.75, 3.05) is 5.32 Å². The first kappa shape index (κ1) is 18.1. The number of para-hydroxylation sites is 1. The number of allylic oxidation sites excluding steroid dienone is 1. The van der Waals surface area contributed by atoms with Gasteiger partial charge in [-0.2, -0.15) is 0 Å². The summed E-state index contributed by atoms with van der Waals surface area (Å²) in [7, 11) is 0. The largest absolute Gasteiger partial charge is 0.321 e. The first-order valence-electron chi connectivity index (χ1n) is 8.64. The smallest absolute Gasteiger partial charge is 0.272 e. The maximum atomic E-state index is 12.9. The zero-order chi connectivity index (χ0) is 19.1. The minimum absolute atomic E-state index is 0.221. The van der Waals surface area contributed by atoms with Gasteiger partial charge in [-0.1, -0.05) is 66.7 Å². The Kier molecular flexibility index (Phi) is 5.80. The standard InChI is InChI=1S/C23H20N2O2/c1-17(18-11-5-2-6-12-18)21(23(27)24-20-15-9-4-10-16-20)25-22(26)19-13-7-3-8-14-19/h2-16H,1H3,(H,24,27)(H,25,26). The molecule has 0 aliphatic rings. The Labute approximate surface area is 158 Å². The molecule has 3 aromatic rings. The molecule has 0 heterocycles. The molecule has 0 fully saturated rings. The van der Waals surface area contributed by atoms with Gasteiger partial charge in [0.15, 0.2) is 0 Å². The highest BCUT2D eigenvalue weighted by Crippen LogP contribution is 2.19. The fourth-order valence-electron chi connectivity index (χ4n) is 2.64. The highest BCUT2D eigenvalue weighted by molar-refractivity contribution is 6.12. The molecule has 3 rings (SSSR count). The van der Waals surface area contributed by atoms with Crippen LogP contribution < -0.4 is 10.6 Å². The van der Waals surface area contributed by atoms with Crippen molar-refractivity contribution in [2.45, 2.75) is 6.92 Å². The van der Waals surface area contributed by atoms with E-state index < -0.39 is 0 Å². The van der Waals surface area contributed by atoms with Crippen molar-refractivity contribution in [3.05, 3.63) is 108 Å². The molecule has 0 bridgehead atoms. The van der Waals surface area contributed by atoms with Crippen molar-refractivity contribution in [1.29, 1.82) is 0 Å². The lowest BCUT2D eigenvalue weighted by Crippen LogP contribution is -2.31. The Bertz CT molecular complexity index is 949. The van der Waals surface area contributed by atoms with Crippen molar-refractivity contribution < 1.29 is 9.59 Å². The number of amides is 2. The van der Waals surface area contributed by atoms with Crippen molar-refractivity contribution in [2.24, 2.45) is 0 Å². The molecule has 0 saturated carbocycles. The Morgan fingerprint density at radius 2 is 1.15 bits per heavy atom. The number of hydrogen-bond acceptors (Lipinski definition) is 2. The molecule has 2 amide bonds. The maximum absolute atomic E-state index is 12.9. The molecule has 4 heteroatoms. The summed E-state index contributed by atoms with van der Waals surface area (Å²) in [5.41, 5.74) is 2.93. The van der Waals surface area contributed by atoms with E-state index in [-0.39, 0.29) is 17.5 Å². The van der Waals surface area contributed by atoms with Gasteiger partial charge in [0.05, 0.1) is 0 Å². The minimum atomic E-state index is -0.369. The van der Waals surface area contributed by atoms with Crippen LogP contribution in [0.5, 0.6) is 0 Å². The summed E-state index contributed by atoms with van der Waals surface area (Å²) < 4.78 is 0. The Morgan fingerprint density at radius 1 is 0.667 bits per heavy atom. The molecule has 2 N–H and O–H groups in total. The molecule has 0 aliphatic heterocycles. The molecule has 3 aromatic carbocycles. The lowest BCUT2D eigenvalue weighted by molar-refractivity contribution is -0.113. The van der Waals surface area contributed by atoms with Gasteiger partial charge in [-0.25, -0.2) is 0 Å². The van der Waals surface area contributed by atoms with Gasteiger partial charge in [-0.15, -0.1) is 0 Å². The summed E-state index contributed by atoms with van der Waals surface area (Å²) in [6, 6.07) is 27.5. The molecule has 0 radical (unpaired) electrons. The molecule has 0 aromatic heterocycles. The fraction of sp³-hybridized carbons (Fsp3) is 0.0435. The highest BCUT2D eigenvalue weighted by Gasteiger charge is 2.18. The Morgan fingerprint density at radius 3 is 1.70 bits per heavy atom. The summed E-state index contributed by atoms with van der Waals surface area (Å²) in [6.07, 6.45) is 0. The zero-order valence-corrected chi connectivity index (χ0v) is 15.0. The Hall–Kier alpha value is -3.66. The number of hydrogen-bond donors (Lipinski definition) is 2. The van der Waals surface area contributed by atoms with Crippen LogP contribution in [0.4, 0.5) is 5.69 Å². The highest BCUT2D eigenvalue weighted by atomic mass is 16.2. The number of carbonyl (C=O) groups is 2. The van der Waals surface area contributed by atoms with Crippen LogP contribution >= 0.6 is 0 Å². The minimum Gasteiger partial charge on any atom is -0.321 e. The number of anilines is 1. The SMILES string of the molecule is CC(=C(NC(=O)c1ccccc1)C(=O)Nc1ccccc1)c1ccccc1. The van der Waals surface area contributed by atoms with Gasteiger partial charge in [0.25, 0.3) is 11.8 Å². The molecule has 0 aliphatic carbocycles. The lowest BCUT2D eigenvalue weighted by Gasteiger charge is -2.15. The Balaban J connectivity index is 1.93.